The van der Waals surface area contributed by atoms with Crippen LogP contribution in [0.1, 0.15) is 54.1 Å². The molecule has 1 amide bonds. The van der Waals surface area contributed by atoms with E-state index in [4.69, 9.17) is 9.15 Å². The first-order valence-corrected chi connectivity index (χ1v) is 9.40. The van der Waals surface area contributed by atoms with Gasteiger partial charge in [-0.15, -0.1) is 0 Å². The van der Waals surface area contributed by atoms with Crippen LogP contribution in [-0.2, 0) is 19.5 Å². The zero-order chi connectivity index (χ0) is 18.4. The summed E-state index contributed by atoms with van der Waals surface area (Å²) in [6, 6.07) is 5.62. The number of amides is 1. The largest absolute Gasteiger partial charge is 0.478 e. The molecule has 140 valence electrons. The smallest absolute Gasteiger partial charge is 0.287 e. The van der Waals surface area contributed by atoms with Crippen LogP contribution >= 0.6 is 0 Å². The van der Waals surface area contributed by atoms with Crippen molar-refractivity contribution in [2.24, 2.45) is 0 Å². The van der Waals surface area contributed by atoms with Crippen molar-refractivity contribution in [1.82, 2.24) is 15.2 Å². The molecule has 0 aromatic carbocycles. The number of aryl methyl sites for hydroxylation is 1. The van der Waals surface area contributed by atoms with E-state index < -0.39 is 0 Å². The molecule has 1 N–H and O–H groups in total. The molecule has 0 spiro atoms. The van der Waals surface area contributed by atoms with Gasteiger partial charge in [-0.05, 0) is 45.0 Å². The highest BCUT2D eigenvalue weighted by Gasteiger charge is 2.19. The summed E-state index contributed by atoms with van der Waals surface area (Å²) in [4.78, 5) is 19.1. The second-order valence-electron chi connectivity index (χ2n) is 6.48. The molecule has 3 rings (SSSR count). The number of hydrogen-bond acceptors (Lipinski definition) is 5. The van der Waals surface area contributed by atoms with Crippen LogP contribution in [0.5, 0.6) is 5.88 Å². The number of carbonyl (C=O) groups excluding carboxylic acids is 1. The van der Waals surface area contributed by atoms with E-state index in [1.807, 2.05) is 25.1 Å². The molecule has 2 aromatic rings. The van der Waals surface area contributed by atoms with E-state index in [1.165, 1.54) is 12.8 Å². The summed E-state index contributed by atoms with van der Waals surface area (Å²) in [6.07, 6.45) is 4.97. The lowest BCUT2D eigenvalue weighted by Gasteiger charge is -2.13. The third-order valence-electron chi connectivity index (χ3n) is 4.60. The number of furan rings is 1. The number of rotatable bonds is 8. The predicted molar refractivity (Wildman–Crippen MR) is 99.2 cm³/mol. The van der Waals surface area contributed by atoms with Gasteiger partial charge in [0, 0.05) is 36.8 Å². The number of nitrogens with zero attached hydrogens (tertiary/aromatic N) is 2. The van der Waals surface area contributed by atoms with E-state index in [0.717, 1.165) is 42.9 Å². The minimum atomic E-state index is -0.210. The topological polar surface area (TPSA) is 67.6 Å². The second kappa shape index (κ2) is 8.85. The summed E-state index contributed by atoms with van der Waals surface area (Å²) in [7, 11) is 0. The molecular formula is C20H27N3O3. The predicted octanol–water partition coefficient (Wildman–Crippen LogP) is 3.16. The molecule has 0 atom stereocenters. The molecule has 0 aliphatic carbocycles. The van der Waals surface area contributed by atoms with E-state index in [0.29, 0.717) is 24.8 Å². The number of ether oxygens (including phenoxy) is 1. The maximum absolute atomic E-state index is 12.5. The minimum Gasteiger partial charge on any atom is -0.478 e. The van der Waals surface area contributed by atoms with Crippen LogP contribution in [0, 0.1) is 0 Å². The molecule has 2 aromatic heterocycles. The highest BCUT2D eigenvalue weighted by molar-refractivity contribution is 5.91. The minimum absolute atomic E-state index is 0.210. The molecule has 0 bridgehead atoms. The average Bonchev–Trinajstić information content (AvgIpc) is 3.31. The van der Waals surface area contributed by atoms with Gasteiger partial charge in [0.05, 0.1) is 6.61 Å². The Bertz CT molecular complexity index is 736. The Balaban J connectivity index is 1.65. The summed E-state index contributed by atoms with van der Waals surface area (Å²) < 4.78 is 11.3. The fourth-order valence-electron chi connectivity index (χ4n) is 3.28. The van der Waals surface area contributed by atoms with Crippen molar-refractivity contribution in [2.75, 3.05) is 19.7 Å². The van der Waals surface area contributed by atoms with Crippen molar-refractivity contribution in [2.45, 2.75) is 46.2 Å². The van der Waals surface area contributed by atoms with Gasteiger partial charge in [0.15, 0.2) is 5.76 Å². The molecule has 1 fully saturated rings. The summed E-state index contributed by atoms with van der Waals surface area (Å²) in [5, 5.41) is 2.91. The Morgan fingerprint density at radius 1 is 1.31 bits per heavy atom. The first kappa shape index (κ1) is 18.5. The van der Waals surface area contributed by atoms with Gasteiger partial charge in [0.25, 0.3) is 5.91 Å². The highest BCUT2D eigenvalue weighted by atomic mass is 16.5. The summed E-state index contributed by atoms with van der Waals surface area (Å²) in [5.41, 5.74) is 1.97. The fraction of sp³-hybridized carbons (Fsp3) is 0.500. The molecule has 0 radical (unpaired) electrons. The monoisotopic (exact) mass is 357 g/mol. The molecule has 0 saturated carbocycles. The van der Waals surface area contributed by atoms with E-state index >= 15 is 0 Å². The zero-order valence-electron chi connectivity index (χ0n) is 15.6. The van der Waals surface area contributed by atoms with E-state index in [1.54, 1.807) is 6.20 Å². The van der Waals surface area contributed by atoms with Crippen molar-refractivity contribution in [3.05, 3.63) is 47.0 Å². The van der Waals surface area contributed by atoms with Crippen LogP contribution in [0.15, 0.2) is 28.8 Å². The van der Waals surface area contributed by atoms with E-state index in [9.17, 15) is 4.79 Å². The van der Waals surface area contributed by atoms with Crippen LogP contribution in [0.2, 0.25) is 0 Å². The Hall–Kier alpha value is -2.34. The molecule has 3 heterocycles. The number of nitrogens with one attached hydrogen (secondary N) is 1. The van der Waals surface area contributed by atoms with Gasteiger partial charge in [0.2, 0.25) is 5.88 Å². The summed E-state index contributed by atoms with van der Waals surface area (Å²) >= 11 is 0. The molecule has 6 nitrogen and oxygen atoms in total. The number of hydrogen-bond donors (Lipinski definition) is 1. The molecule has 26 heavy (non-hydrogen) atoms. The Labute approximate surface area is 154 Å². The number of pyridine rings is 1. The molecule has 6 heteroatoms. The first-order valence-electron chi connectivity index (χ1n) is 9.40. The highest BCUT2D eigenvalue weighted by Crippen LogP contribution is 2.21. The molecule has 1 saturated heterocycles. The van der Waals surface area contributed by atoms with Crippen molar-refractivity contribution in [3.63, 3.8) is 0 Å². The molecule has 1 aliphatic rings. The zero-order valence-corrected chi connectivity index (χ0v) is 15.6. The molecule has 1 aliphatic heterocycles. The van der Waals surface area contributed by atoms with Gasteiger partial charge in [-0.1, -0.05) is 13.0 Å². The van der Waals surface area contributed by atoms with Gasteiger partial charge in [-0.3, -0.25) is 9.69 Å². The van der Waals surface area contributed by atoms with Crippen molar-refractivity contribution in [1.29, 1.82) is 0 Å². The van der Waals surface area contributed by atoms with E-state index in [-0.39, 0.29) is 5.91 Å². The van der Waals surface area contributed by atoms with Crippen LogP contribution in [-0.4, -0.2) is 35.5 Å². The SMILES string of the molecule is CCOc1ncccc1CNC(=O)c1cc(CN2CCCC2)c(CC)o1. The van der Waals surface area contributed by atoms with E-state index in [2.05, 4.69) is 22.1 Å². The van der Waals surface area contributed by atoms with Gasteiger partial charge >= 0.3 is 0 Å². The van der Waals surface area contributed by atoms with Crippen LogP contribution in [0.3, 0.4) is 0 Å². The third-order valence-corrected chi connectivity index (χ3v) is 4.60. The van der Waals surface area contributed by atoms with Gasteiger partial charge in [-0.25, -0.2) is 4.98 Å². The lowest BCUT2D eigenvalue weighted by Crippen LogP contribution is -2.23. The van der Waals surface area contributed by atoms with Gasteiger partial charge in [0.1, 0.15) is 5.76 Å². The standard InChI is InChI=1S/C20H27N3O3/c1-3-17-16(14-23-10-5-6-11-23)12-18(26-17)19(24)22-13-15-8-7-9-21-20(15)25-4-2/h7-9,12H,3-6,10-11,13-14H2,1-2H3,(H,22,24). The maximum atomic E-state index is 12.5. The molecule has 0 unspecified atom stereocenters. The average molecular weight is 357 g/mol. The number of carbonyl (C=O) groups is 1. The second-order valence-corrected chi connectivity index (χ2v) is 6.48. The first-order chi connectivity index (χ1) is 12.7. The Morgan fingerprint density at radius 2 is 2.12 bits per heavy atom. The fourth-order valence-corrected chi connectivity index (χ4v) is 3.28. The quantitative estimate of drug-likeness (QED) is 0.786. The summed E-state index contributed by atoms with van der Waals surface area (Å²) in [6.45, 7) is 7.96. The van der Waals surface area contributed by atoms with Crippen LogP contribution in [0.25, 0.3) is 0 Å². The molecular weight excluding hydrogens is 330 g/mol. The lowest BCUT2D eigenvalue weighted by molar-refractivity contribution is 0.0921. The third kappa shape index (κ3) is 4.43. The van der Waals surface area contributed by atoms with Crippen molar-refractivity contribution >= 4 is 5.91 Å². The van der Waals surface area contributed by atoms with Gasteiger partial charge in [-0.2, -0.15) is 0 Å². The Kier molecular flexibility index (Phi) is 6.28. The number of aromatic nitrogens is 1. The summed E-state index contributed by atoms with van der Waals surface area (Å²) in [5.74, 6) is 1.62. The normalized spacial score (nSPS) is 14.5. The van der Waals surface area contributed by atoms with Crippen LogP contribution < -0.4 is 10.1 Å². The lowest BCUT2D eigenvalue weighted by atomic mass is 10.2. The van der Waals surface area contributed by atoms with Crippen LogP contribution in [0.4, 0.5) is 0 Å². The number of likely N-dealkylation sites (tertiary alicyclic amines) is 1. The van der Waals surface area contributed by atoms with Gasteiger partial charge < -0.3 is 14.5 Å². The Morgan fingerprint density at radius 3 is 2.85 bits per heavy atom. The van der Waals surface area contributed by atoms with Crippen molar-refractivity contribution in [3.8, 4) is 5.88 Å². The maximum Gasteiger partial charge on any atom is 0.287 e. The van der Waals surface area contributed by atoms with Crippen molar-refractivity contribution < 1.29 is 13.9 Å².